The number of rotatable bonds is 6. The number of aromatic carboxylic acids is 1. The molecule has 1 aromatic heterocycles. The third-order valence-corrected chi connectivity index (χ3v) is 5.48. The van der Waals surface area contributed by atoms with Gasteiger partial charge in [-0.2, -0.15) is 4.98 Å². The van der Waals surface area contributed by atoms with E-state index < -0.39 is 28.6 Å². The van der Waals surface area contributed by atoms with Crippen molar-refractivity contribution in [1.29, 1.82) is 0 Å². The number of hydrogen-bond acceptors (Lipinski definition) is 5. The zero-order valence-corrected chi connectivity index (χ0v) is 17.4. The number of carbonyl (C=O) groups is 1. The lowest BCUT2D eigenvalue weighted by Gasteiger charge is -2.36. The first-order chi connectivity index (χ1) is 15.3. The van der Waals surface area contributed by atoms with Crippen molar-refractivity contribution in [3.63, 3.8) is 0 Å². The quantitative estimate of drug-likeness (QED) is 0.576. The molecule has 0 saturated carbocycles. The molecule has 1 N–H and O–H groups in total. The molecule has 164 valence electrons. The zero-order chi connectivity index (χ0) is 22.9. The number of allylic oxidation sites excluding steroid dienone is 3. The fraction of sp³-hybridized carbons (Fsp3) is 0.208. The Balaban J connectivity index is 1.69. The van der Waals surface area contributed by atoms with E-state index in [1.807, 2.05) is 48.6 Å². The number of benzene rings is 2. The number of methoxy groups -OCH3 is 1. The molecule has 32 heavy (non-hydrogen) atoms. The molecule has 0 fully saturated rings. The largest absolute Gasteiger partial charge is 0.478 e. The molecule has 1 heterocycles. The summed E-state index contributed by atoms with van der Waals surface area (Å²) in [5.74, 6) is -3.61. The van der Waals surface area contributed by atoms with Gasteiger partial charge in [-0.1, -0.05) is 60.6 Å². The van der Waals surface area contributed by atoms with E-state index in [1.165, 1.54) is 0 Å². The fourth-order valence-electron chi connectivity index (χ4n) is 3.97. The van der Waals surface area contributed by atoms with Crippen molar-refractivity contribution in [3.05, 3.63) is 89.3 Å². The molecule has 4 rings (SSSR count). The summed E-state index contributed by atoms with van der Waals surface area (Å²) < 4.78 is 39.2. The number of halogens is 2. The molecule has 0 saturated heterocycles. The highest BCUT2D eigenvalue weighted by atomic mass is 19.1. The van der Waals surface area contributed by atoms with Crippen LogP contribution in [0.15, 0.2) is 65.2 Å². The van der Waals surface area contributed by atoms with Gasteiger partial charge in [0.15, 0.2) is 0 Å². The van der Waals surface area contributed by atoms with Crippen molar-refractivity contribution in [1.82, 2.24) is 10.1 Å². The van der Waals surface area contributed by atoms with Gasteiger partial charge >= 0.3 is 5.97 Å². The predicted molar refractivity (Wildman–Crippen MR) is 113 cm³/mol. The molecule has 0 amide bonds. The highest BCUT2D eigenvalue weighted by Gasteiger charge is 2.35. The molecule has 1 aliphatic rings. The van der Waals surface area contributed by atoms with Gasteiger partial charge in [0.2, 0.25) is 5.82 Å². The summed E-state index contributed by atoms with van der Waals surface area (Å²) >= 11 is 0. The van der Waals surface area contributed by atoms with Crippen LogP contribution in [0.2, 0.25) is 0 Å². The molecule has 2 unspecified atom stereocenters. The zero-order valence-electron chi connectivity index (χ0n) is 17.4. The number of ether oxygens (including phenoxy) is 1. The third kappa shape index (κ3) is 3.97. The first-order valence-electron chi connectivity index (χ1n) is 9.84. The smallest absolute Gasteiger partial charge is 0.338 e. The lowest BCUT2D eigenvalue weighted by atomic mass is 9.70. The standard InChI is InChI=1S/C24H20F2N2O4/c1-24(13-31-2)12-15(8-9-18(24)14-6-4-3-5-7-14)22-27-21(28-32-22)16-10-20(26)17(23(29)30)11-19(16)25/h3-12,18H,13H2,1-2H3,(H,29,30). The van der Waals surface area contributed by atoms with Crippen LogP contribution in [0.3, 0.4) is 0 Å². The summed E-state index contributed by atoms with van der Waals surface area (Å²) in [5, 5.41) is 12.7. The van der Waals surface area contributed by atoms with E-state index in [0.29, 0.717) is 18.2 Å². The van der Waals surface area contributed by atoms with Crippen molar-refractivity contribution in [3.8, 4) is 11.4 Å². The third-order valence-electron chi connectivity index (χ3n) is 5.48. The maximum atomic E-state index is 14.4. The highest BCUT2D eigenvalue weighted by Crippen LogP contribution is 2.44. The number of carboxylic acid groups (broad SMARTS) is 1. The van der Waals surface area contributed by atoms with E-state index in [9.17, 15) is 13.6 Å². The summed E-state index contributed by atoms with van der Waals surface area (Å²) in [6.07, 6.45) is 5.84. The number of hydrogen-bond donors (Lipinski definition) is 1. The molecular weight excluding hydrogens is 418 g/mol. The highest BCUT2D eigenvalue weighted by molar-refractivity contribution is 5.88. The minimum atomic E-state index is -1.57. The van der Waals surface area contributed by atoms with Crippen molar-refractivity contribution < 1.29 is 27.9 Å². The topological polar surface area (TPSA) is 85.5 Å². The first-order valence-corrected chi connectivity index (χ1v) is 9.84. The van der Waals surface area contributed by atoms with Gasteiger partial charge in [-0.25, -0.2) is 13.6 Å². The summed E-state index contributed by atoms with van der Waals surface area (Å²) in [6, 6.07) is 11.3. The Kier molecular flexibility index (Phi) is 5.71. The summed E-state index contributed by atoms with van der Waals surface area (Å²) in [4.78, 5) is 15.2. The molecule has 0 radical (unpaired) electrons. The molecule has 3 aromatic rings. The molecule has 2 aromatic carbocycles. The minimum absolute atomic E-state index is 0.0462. The summed E-state index contributed by atoms with van der Waals surface area (Å²) in [6.45, 7) is 2.48. The van der Waals surface area contributed by atoms with Crippen LogP contribution in [-0.2, 0) is 4.74 Å². The SMILES string of the molecule is COCC1(C)C=C(c2nc(-c3cc(F)c(C(=O)O)cc3F)no2)C=CC1c1ccccc1. The summed E-state index contributed by atoms with van der Waals surface area (Å²) in [5.41, 5.74) is 0.272. The van der Waals surface area contributed by atoms with Crippen LogP contribution in [0.4, 0.5) is 8.78 Å². The van der Waals surface area contributed by atoms with Gasteiger partial charge in [0.1, 0.15) is 11.6 Å². The Hall–Kier alpha value is -3.65. The molecule has 2 atom stereocenters. The Labute approximate surface area is 182 Å². The van der Waals surface area contributed by atoms with Crippen LogP contribution in [0.1, 0.15) is 34.7 Å². The lowest BCUT2D eigenvalue weighted by molar-refractivity contribution is 0.0691. The lowest BCUT2D eigenvalue weighted by Crippen LogP contribution is -2.29. The molecule has 0 aliphatic heterocycles. The number of carboxylic acids is 1. The predicted octanol–water partition coefficient (Wildman–Crippen LogP) is 5.10. The van der Waals surface area contributed by atoms with E-state index in [0.717, 1.165) is 11.6 Å². The Morgan fingerprint density at radius 3 is 2.66 bits per heavy atom. The van der Waals surface area contributed by atoms with Gasteiger partial charge < -0.3 is 14.4 Å². The molecule has 6 nitrogen and oxygen atoms in total. The van der Waals surface area contributed by atoms with Crippen LogP contribution < -0.4 is 0 Å². The molecule has 0 spiro atoms. The average Bonchev–Trinajstić information content (AvgIpc) is 3.25. The van der Waals surface area contributed by atoms with Gasteiger partial charge in [0.05, 0.1) is 17.7 Å². The van der Waals surface area contributed by atoms with E-state index in [4.69, 9.17) is 14.4 Å². The van der Waals surface area contributed by atoms with Crippen molar-refractivity contribution >= 4 is 11.5 Å². The Morgan fingerprint density at radius 2 is 1.97 bits per heavy atom. The second-order valence-corrected chi connectivity index (χ2v) is 7.83. The maximum Gasteiger partial charge on any atom is 0.338 e. The van der Waals surface area contributed by atoms with Gasteiger partial charge in [-0.3, -0.25) is 0 Å². The van der Waals surface area contributed by atoms with Crippen molar-refractivity contribution in [2.75, 3.05) is 13.7 Å². The first kappa shape index (κ1) is 21.6. The molecule has 8 heteroatoms. The normalized spacial score (nSPS) is 20.2. The average molecular weight is 438 g/mol. The van der Waals surface area contributed by atoms with Crippen LogP contribution >= 0.6 is 0 Å². The van der Waals surface area contributed by atoms with Gasteiger partial charge in [-0.15, -0.1) is 0 Å². The molecular formula is C24H20F2N2O4. The second kappa shape index (κ2) is 8.47. The number of aromatic nitrogens is 2. The number of nitrogens with zero attached hydrogens (tertiary/aromatic N) is 2. The van der Waals surface area contributed by atoms with Crippen molar-refractivity contribution in [2.45, 2.75) is 12.8 Å². The van der Waals surface area contributed by atoms with Gasteiger partial charge in [-0.05, 0) is 17.7 Å². The Bertz CT molecular complexity index is 1220. The molecule has 1 aliphatic carbocycles. The van der Waals surface area contributed by atoms with Crippen molar-refractivity contribution in [2.24, 2.45) is 5.41 Å². The van der Waals surface area contributed by atoms with Gasteiger partial charge in [0.25, 0.3) is 5.89 Å². The van der Waals surface area contributed by atoms with E-state index in [2.05, 4.69) is 17.1 Å². The Morgan fingerprint density at radius 1 is 1.22 bits per heavy atom. The fourth-order valence-corrected chi connectivity index (χ4v) is 3.97. The molecule has 0 bridgehead atoms. The monoisotopic (exact) mass is 438 g/mol. The van der Waals surface area contributed by atoms with Crippen LogP contribution in [0, 0.1) is 17.0 Å². The van der Waals surface area contributed by atoms with E-state index >= 15 is 0 Å². The van der Waals surface area contributed by atoms with Gasteiger partial charge in [0, 0.05) is 24.0 Å². The van der Waals surface area contributed by atoms with Crippen LogP contribution in [0.25, 0.3) is 17.0 Å². The second-order valence-electron chi connectivity index (χ2n) is 7.83. The van der Waals surface area contributed by atoms with E-state index in [-0.39, 0.29) is 23.2 Å². The van der Waals surface area contributed by atoms with E-state index in [1.54, 1.807) is 7.11 Å². The summed E-state index contributed by atoms with van der Waals surface area (Å²) in [7, 11) is 1.63. The van der Waals surface area contributed by atoms with Crippen LogP contribution in [-0.4, -0.2) is 34.9 Å². The maximum absolute atomic E-state index is 14.4. The minimum Gasteiger partial charge on any atom is -0.478 e. The van der Waals surface area contributed by atoms with Crippen LogP contribution in [0.5, 0.6) is 0 Å².